The van der Waals surface area contributed by atoms with Gasteiger partial charge in [0.15, 0.2) is 0 Å². The normalized spacial score (nSPS) is 11.2. The van der Waals surface area contributed by atoms with Gasteiger partial charge in [0.05, 0.1) is 68.3 Å². The van der Waals surface area contributed by atoms with Crippen molar-refractivity contribution in [2.45, 2.75) is 13.8 Å². The van der Waals surface area contributed by atoms with Crippen molar-refractivity contribution in [1.29, 1.82) is 15.8 Å². The third kappa shape index (κ3) is 5.52. The number of nitriles is 3. The summed E-state index contributed by atoms with van der Waals surface area (Å²) in [5.41, 5.74) is 14.9. The van der Waals surface area contributed by atoms with Gasteiger partial charge < -0.3 is 9.13 Å². The fraction of sp³-hybridized carbons (Fsp3) is 0.0377. The number of benzene rings is 8. The Kier molecular flexibility index (Phi) is 8.01. The van der Waals surface area contributed by atoms with E-state index in [9.17, 15) is 15.8 Å². The number of nitrogens with zero attached hydrogens (tertiary/aromatic N) is 5. The van der Waals surface area contributed by atoms with Crippen LogP contribution >= 0.6 is 0 Å². The lowest BCUT2D eigenvalue weighted by molar-refractivity contribution is 1.13. The van der Waals surface area contributed by atoms with Crippen LogP contribution in [0.5, 0.6) is 0 Å². The van der Waals surface area contributed by atoms with Crippen LogP contribution < -0.4 is 0 Å². The Morgan fingerprint density at radius 2 is 0.724 bits per heavy atom. The minimum atomic E-state index is 0.378. The first-order chi connectivity index (χ1) is 28.4. The van der Waals surface area contributed by atoms with Gasteiger partial charge in [0.2, 0.25) is 0 Å². The van der Waals surface area contributed by atoms with Crippen molar-refractivity contribution in [3.63, 3.8) is 0 Å². The predicted octanol–water partition coefficient (Wildman–Crippen LogP) is 13.1. The van der Waals surface area contributed by atoms with Gasteiger partial charge in [-0.3, -0.25) is 0 Å². The molecule has 10 aromatic rings. The lowest BCUT2D eigenvalue weighted by Crippen LogP contribution is -2.05. The average Bonchev–Trinajstić information content (AvgIpc) is 3.78. The van der Waals surface area contributed by atoms with E-state index in [1.807, 2.05) is 36.4 Å². The van der Waals surface area contributed by atoms with Crippen LogP contribution in [0.4, 0.5) is 0 Å². The summed E-state index contributed by atoms with van der Waals surface area (Å²) in [6.45, 7) is 4.18. The molecular formula is C53H33N5. The summed E-state index contributed by atoms with van der Waals surface area (Å²) in [6, 6.07) is 63.3. The molecule has 0 aliphatic heterocycles. The molecule has 2 heterocycles. The van der Waals surface area contributed by atoms with E-state index in [1.165, 1.54) is 11.1 Å². The second-order valence-electron chi connectivity index (χ2n) is 14.9. The van der Waals surface area contributed by atoms with Crippen LogP contribution in [0, 0.1) is 47.8 Å². The van der Waals surface area contributed by atoms with Gasteiger partial charge in [-0.1, -0.05) is 120 Å². The van der Waals surface area contributed by atoms with E-state index in [0.29, 0.717) is 22.3 Å². The van der Waals surface area contributed by atoms with E-state index < -0.39 is 0 Å². The Bertz CT molecular complexity index is 3210. The molecule has 0 saturated carbocycles. The number of aromatic nitrogens is 2. The van der Waals surface area contributed by atoms with Crippen molar-refractivity contribution in [1.82, 2.24) is 9.13 Å². The monoisotopic (exact) mass is 739 g/mol. The van der Waals surface area contributed by atoms with Crippen LogP contribution in [0.2, 0.25) is 0 Å². The summed E-state index contributed by atoms with van der Waals surface area (Å²) >= 11 is 0. The Labute approximate surface area is 335 Å². The number of aryl methyl sites for hydroxylation is 2. The lowest BCUT2D eigenvalue weighted by atomic mass is 9.95. The highest BCUT2D eigenvalue weighted by molar-refractivity contribution is 6.13. The van der Waals surface area contributed by atoms with Crippen molar-refractivity contribution in [2.75, 3.05) is 0 Å². The zero-order valence-electron chi connectivity index (χ0n) is 31.8. The Morgan fingerprint density at radius 3 is 1.16 bits per heavy atom. The molecule has 0 atom stereocenters. The first-order valence-corrected chi connectivity index (χ1v) is 19.2. The third-order valence-corrected chi connectivity index (χ3v) is 11.3. The summed E-state index contributed by atoms with van der Waals surface area (Å²) in [5, 5.41) is 35.7. The van der Waals surface area contributed by atoms with Crippen molar-refractivity contribution in [2.24, 2.45) is 0 Å². The average molecular weight is 740 g/mol. The van der Waals surface area contributed by atoms with Gasteiger partial charge >= 0.3 is 0 Å². The molecule has 0 N–H and O–H groups in total. The maximum atomic E-state index is 10.8. The fourth-order valence-electron chi connectivity index (χ4n) is 8.54. The fourth-order valence-corrected chi connectivity index (χ4v) is 8.54. The van der Waals surface area contributed by atoms with Crippen LogP contribution in [0.3, 0.4) is 0 Å². The molecule has 270 valence electrons. The molecule has 2 aromatic heterocycles. The van der Waals surface area contributed by atoms with Crippen LogP contribution in [-0.4, -0.2) is 9.13 Å². The van der Waals surface area contributed by atoms with Gasteiger partial charge in [-0.2, -0.15) is 15.8 Å². The van der Waals surface area contributed by atoms with Crippen LogP contribution in [0.1, 0.15) is 27.8 Å². The van der Waals surface area contributed by atoms with Gasteiger partial charge in [0.25, 0.3) is 0 Å². The third-order valence-electron chi connectivity index (χ3n) is 11.3. The topological polar surface area (TPSA) is 81.2 Å². The Morgan fingerprint density at radius 1 is 0.345 bits per heavy atom. The molecule has 0 aliphatic rings. The summed E-state index contributed by atoms with van der Waals surface area (Å²) in [6.07, 6.45) is 0. The SMILES string of the molecule is Cc1ccc(-c2ccc3c4ccccc4n(-c4cc(C#N)cc(-n5c6ccccc6c6ccc(-c7ccc(C)cc7)cc65)c4-c4cc(C#N)cc(C#N)c4)c3c2)cc1. The van der Waals surface area contributed by atoms with E-state index in [0.717, 1.165) is 82.8 Å². The summed E-state index contributed by atoms with van der Waals surface area (Å²) < 4.78 is 4.50. The number of hydrogen-bond donors (Lipinski definition) is 0. The van der Waals surface area contributed by atoms with Crippen molar-refractivity contribution < 1.29 is 0 Å². The smallest absolute Gasteiger partial charge is 0.0993 e. The van der Waals surface area contributed by atoms with E-state index in [-0.39, 0.29) is 0 Å². The van der Waals surface area contributed by atoms with E-state index >= 15 is 0 Å². The predicted molar refractivity (Wildman–Crippen MR) is 235 cm³/mol. The Hall–Kier alpha value is -8.17. The van der Waals surface area contributed by atoms with E-state index in [4.69, 9.17) is 0 Å². The molecule has 8 aromatic carbocycles. The molecule has 0 bridgehead atoms. The highest BCUT2D eigenvalue weighted by atomic mass is 15.0. The zero-order chi connectivity index (χ0) is 39.5. The first kappa shape index (κ1) is 34.3. The summed E-state index contributed by atoms with van der Waals surface area (Å²) in [5.74, 6) is 0. The summed E-state index contributed by atoms with van der Waals surface area (Å²) in [7, 11) is 0. The molecule has 0 unspecified atom stereocenters. The van der Waals surface area contributed by atoms with Gasteiger partial charge in [0, 0.05) is 27.1 Å². The quantitative estimate of drug-likeness (QED) is 0.176. The maximum Gasteiger partial charge on any atom is 0.0993 e. The van der Waals surface area contributed by atoms with Gasteiger partial charge in [0.1, 0.15) is 0 Å². The molecule has 0 amide bonds. The second kappa shape index (κ2) is 13.5. The van der Waals surface area contributed by atoms with Crippen LogP contribution in [0.15, 0.2) is 164 Å². The molecule has 0 spiro atoms. The number of rotatable bonds is 5. The molecular weight excluding hydrogens is 707 g/mol. The molecule has 0 fully saturated rings. The molecule has 0 aliphatic carbocycles. The molecule has 58 heavy (non-hydrogen) atoms. The molecule has 10 rings (SSSR count). The van der Waals surface area contributed by atoms with Crippen molar-refractivity contribution >= 4 is 43.6 Å². The number of para-hydroxylation sites is 2. The minimum Gasteiger partial charge on any atom is -0.308 e. The standard InChI is InChI=1S/C53H33N5/c1-33-11-15-38(16-12-33)40-19-21-45-43-7-3-5-9-47(43)57(49(45)28-40)51-26-37(32-56)27-52(53(51)42-24-35(30-54)23-36(25-42)31-55)58-48-10-6-4-8-44(48)46-22-20-41(29-50(46)58)39-17-13-34(2)14-18-39/h3-29H,1-2H3. The lowest BCUT2D eigenvalue weighted by Gasteiger charge is -2.21. The second-order valence-corrected chi connectivity index (χ2v) is 14.9. The highest BCUT2D eigenvalue weighted by Gasteiger charge is 2.24. The first-order valence-electron chi connectivity index (χ1n) is 19.2. The summed E-state index contributed by atoms with van der Waals surface area (Å²) in [4.78, 5) is 0. The molecule has 5 nitrogen and oxygen atoms in total. The van der Waals surface area contributed by atoms with Crippen LogP contribution in [-0.2, 0) is 0 Å². The van der Waals surface area contributed by atoms with E-state index in [1.54, 1.807) is 6.07 Å². The molecule has 0 radical (unpaired) electrons. The van der Waals surface area contributed by atoms with E-state index in [2.05, 4.69) is 163 Å². The highest BCUT2D eigenvalue weighted by Crippen LogP contribution is 2.44. The van der Waals surface area contributed by atoms with Crippen molar-refractivity contribution in [3.8, 4) is 63.0 Å². The van der Waals surface area contributed by atoms with Gasteiger partial charge in [-0.15, -0.1) is 0 Å². The number of hydrogen-bond acceptors (Lipinski definition) is 3. The molecule has 0 saturated heterocycles. The minimum absolute atomic E-state index is 0.378. The Balaban J connectivity index is 1.38. The zero-order valence-corrected chi connectivity index (χ0v) is 31.8. The van der Waals surface area contributed by atoms with Gasteiger partial charge in [-0.25, -0.2) is 0 Å². The maximum absolute atomic E-state index is 10.8. The largest absolute Gasteiger partial charge is 0.308 e. The van der Waals surface area contributed by atoms with Crippen molar-refractivity contribution in [3.05, 3.63) is 192 Å². The number of fused-ring (bicyclic) bond motifs is 6. The molecule has 5 heteroatoms. The van der Waals surface area contributed by atoms with Crippen LogP contribution in [0.25, 0.3) is 88.4 Å². The van der Waals surface area contributed by atoms with Gasteiger partial charge in [-0.05, 0) is 96.3 Å².